The standard InChI is InChI=1S/C5H6N2O4/c6-2-3-1-4(7-11-3)10-5(8)9/h1H,2,6H2,(H,8,9). The number of hydrogen-bond acceptors (Lipinski definition) is 5. The van der Waals surface area contributed by atoms with Crippen molar-refractivity contribution >= 4 is 6.16 Å². The summed E-state index contributed by atoms with van der Waals surface area (Å²) in [6.07, 6.45) is -1.43. The third-order valence-electron chi connectivity index (χ3n) is 0.930. The molecule has 0 aliphatic carbocycles. The van der Waals surface area contributed by atoms with Gasteiger partial charge >= 0.3 is 6.16 Å². The van der Waals surface area contributed by atoms with Crippen LogP contribution in [0.3, 0.4) is 0 Å². The molecule has 0 atom stereocenters. The van der Waals surface area contributed by atoms with Gasteiger partial charge in [-0.25, -0.2) is 4.79 Å². The molecule has 6 heteroatoms. The first kappa shape index (κ1) is 7.55. The molecule has 1 aromatic heterocycles. The van der Waals surface area contributed by atoms with E-state index in [0.717, 1.165) is 0 Å². The van der Waals surface area contributed by atoms with Crippen LogP contribution < -0.4 is 10.5 Å². The van der Waals surface area contributed by atoms with E-state index in [0.29, 0.717) is 5.76 Å². The molecular weight excluding hydrogens is 152 g/mol. The molecule has 1 aromatic rings. The fourth-order valence-electron chi connectivity index (χ4n) is 0.528. The van der Waals surface area contributed by atoms with Crippen molar-refractivity contribution in [1.82, 2.24) is 5.16 Å². The Kier molecular flexibility index (Phi) is 2.07. The van der Waals surface area contributed by atoms with E-state index in [-0.39, 0.29) is 12.4 Å². The average Bonchev–Trinajstić information content (AvgIpc) is 2.34. The third-order valence-corrected chi connectivity index (χ3v) is 0.930. The molecule has 0 aromatic carbocycles. The molecular formula is C5H6N2O4. The van der Waals surface area contributed by atoms with E-state index in [4.69, 9.17) is 10.8 Å². The van der Waals surface area contributed by atoms with Crippen LogP contribution >= 0.6 is 0 Å². The highest BCUT2D eigenvalue weighted by Crippen LogP contribution is 2.09. The summed E-state index contributed by atoms with van der Waals surface area (Å²) in [7, 11) is 0. The van der Waals surface area contributed by atoms with E-state index in [1.54, 1.807) is 0 Å². The largest absolute Gasteiger partial charge is 0.512 e. The second-order valence-corrected chi connectivity index (χ2v) is 1.70. The predicted octanol–water partition coefficient (Wildman–Crippen LogP) is 0.190. The van der Waals surface area contributed by atoms with Gasteiger partial charge in [-0.2, -0.15) is 0 Å². The molecule has 0 radical (unpaired) electrons. The summed E-state index contributed by atoms with van der Waals surface area (Å²) in [4.78, 5) is 9.93. The first-order valence-corrected chi connectivity index (χ1v) is 2.79. The van der Waals surface area contributed by atoms with Gasteiger partial charge in [-0.15, -0.1) is 0 Å². The van der Waals surface area contributed by atoms with E-state index in [1.807, 2.05) is 0 Å². The minimum absolute atomic E-state index is 0.0991. The molecule has 6 nitrogen and oxygen atoms in total. The molecule has 0 aliphatic rings. The van der Waals surface area contributed by atoms with Crippen LogP contribution in [-0.4, -0.2) is 16.4 Å². The highest BCUT2D eigenvalue weighted by atomic mass is 16.7. The summed E-state index contributed by atoms with van der Waals surface area (Å²) in [6.45, 7) is 0.163. The summed E-state index contributed by atoms with van der Waals surface area (Å²) in [5, 5.41) is 11.4. The lowest BCUT2D eigenvalue weighted by Crippen LogP contribution is -2.02. The summed E-state index contributed by atoms with van der Waals surface area (Å²) in [6, 6.07) is 1.31. The summed E-state index contributed by atoms with van der Waals surface area (Å²) in [5.41, 5.74) is 5.16. The Morgan fingerprint density at radius 1 is 1.91 bits per heavy atom. The van der Waals surface area contributed by atoms with Crippen LogP contribution in [0.1, 0.15) is 5.76 Å². The van der Waals surface area contributed by atoms with Gasteiger partial charge in [0.1, 0.15) is 0 Å². The molecule has 60 valence electrons. The van der Waals surface area contributed by atoms with Crippen LogP contribution in [0.15, 0.2) is 10.6 Å². The SMILES string of the molecule is NCc1cc(OC(=O)O)no1. The van der Waals surface area contributed by atoms with Gasteiger partial charge in [-0.1, -0.05) is 0 Å². The predicted molar refractivity (Wildman–Crippen MR) is 33.0 cm³/mol. The van der Waals surface area contributed by atoms with Gasteiger partial charge in [0.15, 0.2) is 5.76 Å². The highest BCUT2D eigenvalue weighted by Gasteiger charge is 2.06. The van der Waals surface area contributed by atoms with Crippen LogP contribution in [0.2, 0.25) is 0 Å². The van der Waals surface area contributed by atoms with Gasteiger partial charge in [-0.05, 0) is 5.16 Å². The number of nitrogens with two attached hydrogens (primary N) is 1. The van der Waals surface area contributed by atoms with Crippen LogP contribution in [0, 0.1) is 0 Å². The zero-order chi connectivity index (χ0) is 8.27. The van der Waals surface area contributed by atoms with Crippen LogP contribution in [0.25, 0.3) is 0 Å². The van der Waals surface area contributed by atoms with Crippen LogP contribution in [0.4, 0.5) is 4.79 Å². The van der Waals surface area contributed by atoms with Crippen molar-refractivity contribution in [3.63, 3.8) is 0 Å². The van der Waals surface area contributed by atoms with Gasteiger partial charge in [0.05, 0.1) is 6.54 Å². The first-order valence-electron chi connectivity index (χ1n) is 2.79. The lowest BCUT2D eigenvalue weighted by Gasteiger charge is -1.87. The van der Waals surface area contributed by atoms with E-state index < -0.39 is 6.16 Å². The Bertz CT molecular complexity index is 257. The maximum absolute atomic E-state index is 9.93. The fourth-order valence-corrected chi connectivity index (χ4v) is 0.528. The van der Waals surface area contributed by atoms with Crippen molar-refractivity contribution in [2.75, 3.05) is 0 Å². The van der Waals surface area contributed by atoms with Crippen molar-refractivity contribution in [2.45, 2.75) is 6.54 Å². The molecule has 1 heterocycles. The monoisotopic (exact) mass is 158 g/mol. The van der Waals surface area contributed by atoms with Gasteiger partial charge in [0.2, 0.25) is 0 Å². The number of nitrogens with zero attached hydrogens (tertiary/aromatic N) is 1. The van der Waals surface area contributed by atoms with E-state index in [9.17, 15) is 4.79 Å². The highest BCUT2D eigenvalue weighted by molar-refractivity contribution is 5.60. The van der Waals surface area contributed by atoms with E-state index in [2.05, 4.69) is 14.4 Å². The second-order valence-electron chi connectivity index (χ2n) is 1.70. The molecule has 0 unspecified atom stereocenters. The minimum Gasteiger partial charge on any atom is -0.449 e. The fraction of sp³-hybridized carbons (Fsp3) is 0.200. The molecule has 0 fully saturated rings. The smallest absolute Gasteiger partial charge is 0.449 e. The van der Waals surface area contributed by atoms with Crippen molar-refractivity contribution in [2.24, 2.45) is 5.73 Å². The Morgan fingerprint density at radius 3 is 3.09 bits per heavy atom. The molecule has 0 bridgehead atoms. The van der Waals surface area contributed by atoms with Crippen molar-refractivity contribution < 1.29 is 19.2 Å². The topological polar surface area (TPSA) is 98.6 Å². The zero-order valence-corrected chi connectivity index (χ0v) is 5.48. The van der Waals surface area contributed by atoms with Crippen molar-refractivity contribution in [1.29, 1.82) is 0 Å². The number of aromatic nitrogens is 1. The molecule has 0 saturated carbocycles. The molecule has 0 saturated heterocycles. The lowest BCUT2D eigenvalue weighted by molar-refractivity contribution is 0.140. The molecule has 0 spiro atoms. The van der Waals surface area contributed by atoms with Gasteiger partial charge in [0.25, 0.3) is 5.88 Å². The Balaban J connectivity index is 2.65. The molecule has 0 amide bonds. The lowest BCUT2D eigenvalue weighted by atomic mass is 10.5. The van der Waals surface area contributed by atoms with Gasteiger partial charge in [0, 0.05) is 6.07 Å². The van der Waals surface area contributed by atoms with Crippen molar-refractivity contribution in [3.05, 3.63) is 11.8 Å². The van der Waals surface area contributed by atoms with Crippen molar-refractivity contribution in [3.8, 4) is 5.88 Å². The molecule has 0 aliphatic heterocycles. The quantitative estimate of drug-likeness (QED) is 0.596. The number of hydrogen-bond donors (Lipinski definition) is 2. The van der Waals surface area contributed by atoms with E-state index >= 15 is 0 Å². The van der Waals surface area contributed by atoms with Crippen LogP contribution in [-0.2, 0) is 6.54 Å². The minimum atomic E-state index is -1.43. The number of carbonyl (C=O) groups is 1. The summed E-state index contributed by atoms with van der Waals surface area (Å²) >= 11 is 0. The molecule has 3 N–H and O–H groups in total. The van der Waals surface area contributed by atoms with Crippen LogP contribution in [0.5, 0.6) is 5.88 Å². The third kappa shape index (κ3) is 1.94. The number of carboxylic acid groups (broad SMARTS) is 1. The molecule has 1 rings (SSSR count). The maximum atomic E-state index is 9.93. The normalized spacial score (nSPS) is 9.55. The average molecular weight is 158 g/mol. The van der Waals surface area contributed by atoms with Gasteiger partial charge in [-0.3, -0.25) is 0 Å². The Morgan fingerprint density at radius 2 is 2.64 bits per heavy atom. The number of ether oxygens (including phenoxy) is 1. The summed E-state index contributed by atoms with van der Waals surface area (Å²) in [5.74, 6) is 0.277. The van der Waals surface area contributed by atoms with Gasteiger partial charge < -0.3 is 20.1 Å². The Hall–Kier alpha value is -1.56. The number of rotatable bonds is 2. The summed E-state index contributed by atoms with van der Waals surface area (Å²) < 4.78 is 8.70. The molecule has 11 heavy (non-hydrogen) atoms. The Labute approximate surface area is 61.5 Å². The zero-order valence-electron chi connectivity index (χ0n) is 5.48. The first-order chi connectivity index (χ1) is 5.22. The van der Waals surface area contributed by atoms with E-state index in [1.165, 1.54) is 6.07 Å². The second kappa shape index (κ2) is 3.02. The maximum Gasteiger partial charge on any atom is 0.512 e.